The largest absolute Gasteiger partial charge is 0.478 e. The fraction of sp³-hybridized carbons (Fsp3) is 0.227. The Morgan fingerprint density at radius 1 is 1.30 bits per heavy atom. The molecule has 0 unspecified atom stereocenters. The van der Waals surface area contributed by atoms with Crippen LogP contribution in [0.25, 0.3) is 17.1 Å². The second kappa shape index (κ2) is 6.40. The predicted molar refractivity (Wildman–Crippen MR) is 103 cm³/mol. The van der Waals surface area contributed by atoms with Crippen LogP contribution in [0.5, 0.6) is 0 Å². The number of pyridine rings is 1. The van der Waals surface area contributed by atoms with Gasteiger partial charge in [0.15, 0.2) is 0 Å². The average Bonchev–Trinajstić information content (AvgIpc) is 3.17. The Hall–Kier alpha value is -3.39. The molecule has 0 saturated heterocycles. The second-order valence-corrected chi connectivity index (χ2v) is 7.02. The summed E-state index contributed by atoms with van der Waals surface area (Å²) in [6.45, 7) is 3.91. The Kier molecular flexibility index (Phi) is 4.04. The number of carbonyl (C=O) groups is 1. The second-order valence-electron chi connectivity index (χ2n) is 7.02. The van der Waals surface area contributed by atoms with E-state index in [1.807, 2.05) is 32.0 Å². The van der Waals surface area contributed by atoms with Crippen molar-refractivity contribution >= 4 is 23.1 Å². The van der Waals surface area contributed by atoms with Crippen LogP contribution in [0.3, 0.4) is 0 Å². The molecule has 1 N–H and O–H groups in total. The third-order valence-corrected chi connectivity index (χ3v) is 5.21. The topological polar surface area (TPSA) is 78.9 Å². The number of hydrogen-bond acceptors (Lipinski definition) is 3. The number of aromatic nitrogens is 2. The third-order valence-electron chi connectivity index (χ3n) is 5.21. The Bertz CT molecular complexity index is 1120. The molecule has 0 spiro atoms. The van der Waals surface area contributed by atoms with Crippen LogP contribution in [0.15, 0.2) is 36.4 Å². The molecule has 1 aliphatic carbocycles. The zero-order valence-electron chi connectivity index (χ0n) is 15.2. The van der Waals surface area contributed by atoms with Crippen molar-refractivity contribution < 1.29 is 9.90 Å². The van der Waals surface area contributed by atoms with Crippen molar-refractivity contribution in [3.05, 3.63) is 70.0 Å². The standard InChI is InChI=1S/C22H19N3O2/c1-13-9-14(2)24-22-21(13)18(12-23)19(7-8-20(26)27)25(22)17-10-15-5-3-4-6-16(15)11-17/h3-9,17H,10-11H2,1-2H3,(H,26,27)/b8-7+. The number of hydrogen-bond donors (Lipinski definition) is 1. The van der Waals surface area contributed by atoms with Crippen molar-refractivity contribution in [3.63, 3.8) is 0 Å². The molecule has 2 aromatic heterocycles. The van der Waals surface area contributed by atoms with Gasteiger partial charge in [0.05, 0.1) is 11.3 Å². The first kappa shape index (κ1) is 17.0. The van der Waals surface area contributed by atoms with E-state index in [0.29, 0.717) is 11.3 Å². The van der Waals surface area contributed by atoms with Gasteiger partial charge in [-0.2, -0.15) is 5.26 Å². The van der Waals surface area contributed by atoms with Crippen molar-refractivity contribution in [2.24, 2.45) is 0 Å². The number of aryl methyl sites for hydroxylation is 2. The minimum absolute atomic E-state index is 0.106. The van der Waals surface area contributed by atoms with Crippen LogP contribution in [-0.4, -0.2) is 20.6 Å². The maximum atomic E-state index is 11.1. The molecule has 0 fully saturated rings. The zero-order valence-corrected chi connectivity index (χ0v) is 15.2. The Balaban J connectivity index is 1.99. The predicted octanol–water partition coefficient (Wildman–Crippen LogP) is 3.96. The first-order valence-corrected chi connectivity index (χ1v) is 8.89. The third kappa shape index (κ3) is 2.80. The van der Waals surface area contributed by atoms with Crippen molar-refractivity contribution in [3.8, 4) is 6.07 Å². The molecule has 5 heteroatoms. The summed E-state index contributed by atoms with van der Waals surface area (Å²) in [6.07, 6.45) is 4.30. The number of rotatable bonds is 3. The minimum Gasteiger partial charge on any atom is -0.478 e. The molecular formula is C22H19N3O2. The fourth-order valence-corrected chi connectivity index (χ4v) is 4.18. The molecule has 2 heterocycles. The van der Waals surface area contributed by atoms with E-state index in [2.05, 4.69) is 22.8 Å². The van der Waals surface area contributed by atoms with E-state index in [1.165, 1.54) is 17.2 Å². The van der Waals surface area contributed by atoms with Crippen LogP contribution >= 0.6 is 0 Å². The molecule has 0 bridgehead atoms. The summed E-state index contributed by atoms with van der Waals surface area (Å²) in [4.78, 5) is 15.9. The SMILES string of the molecule is Cc1cc(C)c2c(C#N)c(/C=C/C(=O)O)n(C3Cc4ccccc4C3)c2n1. The first-order valence-electron chi connectivity index (χ1n) is 8.89. The summed E-state index contributed by atoms with van der Waals surface area (Å²) < 4.78 is 2.06. The Morgan fingerprint density at radius 2 is 1.96 bits per heavy atom. The van der Waals surface area contributed by atoms with Crippen LogP contribution in [0.1, 0.15) is 39.7 Å². The fourth-order valence-electron chi connectivity index (χ4n) is 4.18. The van der Waals surface area contributed by atoms with E-state index < -0.39 is 5.97 Å². The summed E-state index contributed by atoms with van der Waals surface area (Å²) >= 11 is 0. The van der Waals surface area contributed by atoms with Gasteiger partial charge < -0.3 is 9.67 Å². The van der Waals surface area contributed by atoms with Gasteiger partial charge in [0.1, 0.15) is 11.7 Å². The highest BCUT2D eigenvalue weighted by atomic mass is 16.4. The molecule has 3 aromatic rings. The first-order chi connectivity index (χ1) is 13.0. The lowest BCUT2D eigenvalue weighted by Crippen LogP contribution is -2.12. The van der Waals surface area contributed by atoms with Crippen molar-refractivity contribution in [2.45, 2.75) is 32.7 Å². The lowest BCUT2D eigenvalue weighted by Gasteiger charge is -2.16. The Morgan fingerprint density at radius 3 is 2.56 bits per heavy atom. The van der Waals surface area contributed by atoms with Gasteiger partial charge in [0, 0.05) is 23.2 Å². The van der Waals surface area contributed by atoms with Crippen LogP contribution in [0, 0.1) is 25.2 Å². The molecule has 0 aliphatic heterocycles. The normalized spacial score (nSPS) is 14.0. The van der Waals surface area contributed by atoms with Crippen LogP contribution in [0.4, 0.5) is 0 Å². The Labute approximate surface area is 157 Å². The van der Waals surface area contributed by atoms with E-state index in [0.717, 1.165) is 41.2 Å². The quantitative estimate of drug-likeness (QED) is 0.720. The van der Waals surface area contributed by atoms with E-state index in [9.17, 15) is 10.1 Å². The van der Waals surface area contributed by atoms with Gasteiger partial charge in [-0.3, -0.25) is 0 Å². The number of carboxylic acids is 1. The lowest BCUT2D eigenvalue weighted by molar-refractivity contribution is -0.131. The number of carboxylic acid groups (broad SMARTS) is 1. The summed E-state index contributed by atoms with van der Waals surface area (Å²) in [5, 5.41) is 19.8. The van der Waals surface area contributed by atoms with Gasteiger partial charge in [-0.05, 0) is 55.5 Å². The number of aliphatic carboxylic acids is 1. The molecule has 0 amide bonds. The summed E-state index contributed by atoms with van der Waals surface area (Å²) in [5.74, 6) is -1.04. The molecule has 0 atom stereocenters. The number of benzene rings is 1. The highest BCUT2D eigenvalue weighted by Crippen LogP contribution is 2.37. The van der Waals surface area contributed by atoms with Gasteiger partial charge in [0.25, 0.3) is 0 Å². The smallest absolute Gasteiger partial charge is 0.328 e. The van der Waals surface area contributed by atoms with E-state index in [1.54, 1.807) is 0 Å². The number of nitriles is 1. The molecule has 1 aliphatic rings. The molecule has 134 valence electrons. The highest BCUT2D eigenvalue weighted by molar-refractivity contribution is 5.93. The summed E-state index contributed by atoms with van der Waals surface area (Å²) in [7, 11) is 0. The lowest BCUT2D eigenvalue weighted by atomic mass is 10.1. The van der Waals surface area contributed by atoms with Gasteiger partial charge in [-0.25, -0.2) is 9.78 Å². The van der Waals surface area contributed by atoms with Crippen molar-refractivity contribution in [1.82, 2.24) is 9.55 Å². The molecule has 27 heavy (non-hydrogen) atoms. The van der Waals surface area contributed by atoms with Gasteiger partial charge in [0.2, 0.25) is 0 Å². The van der Waals surface area contributed by atoms with Gasteiger partial charge >= 0.3 is 5.97 Å². The van der Waals surface area contributed by atoms with E-state index in [4.69, 9.17) is 10.1 Å². The molecule has 5 nitrogen and oxygen atoms in total. The van der Waals surface area contributed by atoms with Crippen molar-refractivity contribution in [2.75, 3.05) is 0 Å². The monoisotopic (exact) mass is 357 g/mol. The number of nitrogens with zero attached hydrogens (tertiary/aromatic N) is 3. The van der Waals surface area contributed by atoms with Crippen molar-refractivity contribution in [1.29, 1.82) is 5.26 Å². The van der Waals surface area contributed by atoms with Gasteiger partial charge in [-0.1, -0.05) is 24.3 Å². The van der Waals surface area contributed by atoms with Gasteiger partial charge in [-0.15, -0.1) is 0 Å². The molecule has 1 aromatic carbocycles. The number of fused-ring (bicyclic) bond motifs is 2. The molecular weight excluding hydrogens is 338 g/mol. The molecule has 0 radical (unpaired) electrons. The average molecular weight is 357 g/mol. The zero-order chi connectivity index (χ0) is 19.1. The maximum absolute atomic E-state index is 11.1. The minimum atomic E-state index is -1.04. The van der Waals surface area contributed by atoms with E-state index >= 15 is 0 Å². The van der Waals surface area contributed by atoms with E-state index in [-0.39, 0.29) is 6.04 Å². The molecule has 4 rings (SSSR count). The molecule has 0 saturated carbocycles. The highest BCUT2D eigenvalue weighted by Gasteiger charge is 2.28. The summed E-state index contributed by atoms with van der Waals surface area (Å²) in [5.41, 5.74) is 6.31. The van der Waals surface area contributed by atoms with Crippen LogP contribution in [-0.2, 0) is 17.6 Å². The maximum Gasteiger partial charge on any atom is 0.328 e. The van der Waals surface area contributed by atoms with Crippen LogP contribution < -0.4 is 0 Å². The van der Waals surface area contributed by atoms with Crippen LogP contribution in [0.2, 0.25) is 0 Å². The summed E-state index contributed by atoms with van der Waals surface area (Å²) in [6, 6.07) is 12.7.